The lowest BCUT2D eigenvalue weighted by Gasteiger charge is -2.32. The van der Waals surface area contributed by atoms with Crippen LogP contribution in [0.1, 0.15) is 62.3 Å². The van der Waals surface area contributed by atoms with Crippen LogP contribution in [0.4, 0.5) is 10.1 Å². The van der Waals surface area contributed by atoms with E-state index in [1.54, 1.807) is 32.4 Å². The molecule has 1 aliphatic carbocycles. The summed E-state index contributed by atoms with van der Waals surface area (Å²) >= 11 is 0. The fourth-order valence-corrected chi connectivity index (χ4v) is 5.54. The van der Waals surface area contributed by atoms with Gasteiger partial charge in [-0.05, 0) is 90.1 Å². The number of nitrogens with zero attached hydrogens (tertiary/aromatic N) is 1. The molecule has 0 heterocycles. The molecule has 41 heavy (non-hydrogen) atoms. The van der Waals surface area contributed by atoms with E-state index in [0.29, 0.717) is 36.9 Å². The van der Waals surface area contributed by atoms with Crippen molar-refractivity contribution in [2.24, 2.45) is 5.41 Å². The molecule has 3 aromatic carbocycles. The molecular formula is C34H45FN2O4. The largest absolute Gasteiger partial charge is 0.508 e. The Labute approximate surface area is 244 Å². The summed E-state index contributed by atoms with van der Waals surface area (Å²) in [6, 6.07) is 15.1. The molecule has 3 aromatic rings. The van der Waals surface area contributed by atoms with Crippen LogP contribution in [0, 0.1) is 11.2 Å². The molecule has 4 rings (SSSR count). The Morgan fingerprint density at radius 2 is 1.73 bits per heavy atom. The van der Waals surface area contributed by atoms with E-state index in [1.807, 2.05) is 24.3 Å². The van der Waals surface area contributed by atoms with E-state index in [0.717, 1.165) is 43.6 Å². The van der Waals surface area contributed by atoms with E-state index in [4.69, 9.17) is 14.2 Å². The maximum atomic E-state index is 15.0. The van der Waals surface area contributed by atoms with E-state index in [2.05, 4.69) is 44.0 Å². The highest BCUT2D eigenvalue weighted by atomic mass is 19.1. The van der Waals surface area contributed by atoms with Crippen LogP contribution in [0.3, 0.4) is 0 Å². The summed E-state index contributed by atoms with van der Waals surface area (Å²) in [5.74, 6) is 1.87. The first-order valence-electron chi connectivity index (χ1n) is 14.6. The zero-order valence-electron chi connectivity index (χ0n) is 25.4. The number of nitrogens with one attached hydrogen (secondary N) is 1. The monoisotopic (exact) mass is 564 g/mol. The lowest BCUT2D eigenvalue weighted by Crippen LogP contribution is -2.30. The van der Waals surface area contributed by atoms with Crippen molar-refractivity contribution in [3.63, 3.8) is 0 Å². The summed E-state index contributed by atoms with van der Waals surface area (Å²) in [7, 11) is 3.30. The molecule has 0 radical (unpaired) electrons. The van der Waals surface area contributed by atoms with Gasteiger partial charge in [0.15, 0.2) is 23.1 Å². The number of benzene rings is 3. The molecule has 0 bridgehead atoms. The Hall–Kier alpha value is -3.45. The van der Waals surface area contributed by atoms with Crippen molar-refractivity contribution in [2.45, 2.75) is 59.4 Å². The normalized spacial score (nSPS) is 14.9. The molecule has 222 valence electrons. The van der Waals surface area contributed by atoms with E-state index >= 15 is 4.39 Å². The van der Waals surface area contributed by atoms with Crippen molar-refractivity contribution in [2.75, 3.05) is 45.4 Å². The minimum Gasteiger partial charge on any atom is -0.508 e. The summed E-state index contributed by atoms with van der Waals surface area (Å²) < 4.78 is 32.1. The van der Waals surface area contributed by atoms with Crippen molar-refractivity contribution >= 4 is 5.69 Å². The molecule has 2 N–H and O–H groups in total. The van der Waals surface area contributed by atoms with Gasteiger partial charge in [0, 0.05) is 37.9 Å². The summed E-state index contributed by atoms with van der Waals surface area (Å²) in [6.45, 7) is 11.8. The van der Waals surface area contributed by atoms with Gasteiger partial charge < -0.3 is 29.5 Å². The molecular weight excluding hydrogens is 519 g/mol. The zero-order valence-corrected chi connectivity index (χ0v) is 25.4. The smallest absolute Gasteiger partial charge is 0.165 e. The average molecular weight is 565 g/mol. The number of ether oxygens (including phenoxy) is 3. The number of anilines is 1. The Bertz CT molecular complexity index is 1320. The highest BCUT2D eigenvalue weighted by Crippen LogP contribution is 2.43. The SMILES string of the molecule is CCN(Cc1ccc(OCCNCC(C)(C)C)c(F)c1)c1cc(OC)c(OC)cc1C1CCc2cc(O)ccc2C1. The highest BCUT2D eigenvalue weighted by Gasteiger charge is 2.26. The van der Waals surface area contributed by atoms with E-state index in [9.17, 15) is 5.11 Å². The molecule has 0 aliphatic heterocycles. The first-order valence-corrected chi connectivity index (χ1v) is 14.6. The predicted octanol–water partition coefficient (Wildman–Crippen LogP) is 6.86. The second-order valence-electron chi connectivity index (χ2n) is 12.0. The van der Waals surface area contributed by atoms with Crippen LogP contribution in [0.25, 0.3) is 0 Å². The number of phenolic OH excluding ortho intramolecular Hbond substituents is 1. The second kappa shape index (κ2) is 13.5. The van der Waals surface area contributed by atoms with E-state index in [-0.39, 0.29) is 22.9 Å². The highest BCUT2D eigenvalue weighted by molar-refractivity contribution is 5.64. The number of phenols is 1. The van der Waals surface area contributed by atoms with Gasteiger partial charge in [-0.3, -0.25) is 0 Å². The molecule has 7 heteroatoms. The first kappa shape index (κ1) is 30.5. The minimum atomic E-state index is -0.353. The number of aryl methyl sites for hydroxylation is 1. The summed E-state index contributed by atoms with van der Waals surface area (Å²) in [5, 5.41) is 13.3. The van der Waals surface area contributed by atoms with Crippen molar-refractivity contribution in [1.82, 2.24) is 5.32 Å². The van der Waals surface area contributed by atoms with Crippen LogP contribution >= 0.6 is 0 Å². The minimum absolute atomic E-state index is 0.192. The van der Waals surface area contributed by atoms with Crippen LogP contribution in [0.5, 0.6) is 23.0 Å². The molecule has 0 spiro atoms. The number of methoxy groups -OCH3 is 2. The molecule has 6 nitrogen and oxygen atoms in total. The number of aromatic hydroxyl groups is 1. The van der Waals surface area contributed by atoms with E-state index in [1.165, 1.54) is 16.7 Å². The standard InChI is InChI=1S/C34H45FN2O4/c1-7-37(21-23-8-13-31(29(35)16-23)41-15-14-36-22-34(2,3)4)30-20-33(40-6)32(39-5)19-28(30)26-10-9-25-18-27(38)12-11-24(25)17-26/h8,11-13,16,18-20,26,36,38H,7,9-10,14-15,17,21-22H2,1-6H3. The van der Waals surface area contributed by atoms with Gasteiger partial charge in [-0.15, -0.1) is 0 Å². The predicted molar refractivity (Wildman–Crippen MR) is 163 cm³/mol. The quantitative estimate of drug-likeness (QED) is 0.234. The maximum absolute atomic E-state index is 15.0. The third-order valence-electron chi connectivity index (χ3n) is 7.67. The van der Waals surface area contributed by atoms with Crippen LogP contribution < -0.4 is 24.4 Å². The summed E-state index contributed by atoms with van der Waals surface area (Å²) in [5.41, 5.74) is 5.77. The molecule has 1 aliphatic rings. The molecule has 0 saturated heterocycles. The van der Waals surface area contributed by atoms with Crippen LogP contribution in [-0.2, 0) is 19.4 Å². The lowest BCUT2D eigenvalue weighted by molar-refractivity contribution is 0.285. The third-order valence-corrected chi connectivity index (χ3v) is 7.67. The van der Waals surface area contributed by atoms with Gasteiger partial charge in [0.2, 0.25) is 0 Å². The molecule has 0 amide bonds. The van der Waals surface area contributed by atoms with Gasteiger partial charge in [-0.1, -0.05) is 32.9 Å². The zero-order chi connectivity index (χ0) is 29.6. The molecule has 0 fully saturated rings. The van der Waals surface area contributed by atoms with E-state index < -0.39 is 0 Å². The van der Waals surface area contributed by atoms with Crippen LogP contribution in [0.15, 0.2) is 48.5 Å². The number of hydrogen-bond acceptors (Lipinski definition) is 6. The van der Waals surface area contributed by atoms with Gasteiger partial charge in [-0.25, -0.2) is 4.39 Å². The van der Waals surface area contributed by atoms with Crippen molar-refractivity contribution in [3.05, 3.63) is 76.6 Å². The van der Waals surface area contributed by atoms with Gasteiger partial charge in [0.25, 0.3) is 0 Å². The molecule has 1 unspecified atom stereocenters. The number of hydrogen-bond donors (Lipinski definition) is 2. The number of halogens is 1. The van der Waals surface area contributed by atoms with Gasteiger partial charge in [0.05, 0.1) is 14.2 Å². The van der Waals surface area contributed by atoms with Gasteiger partial charge in [0.1, 0.15) is 12.4 Å². The fourth-order valence-electron chi connectivity index (χ4n) is 5.54. The van der Waals surface area contributed by atoms with Crippen molar-refractivity contribution < 1.29 is 23.7 Å². The number of fused-ring (bicyclic) bond motifs is 1. The summed E-state index contributed by atoms with van der Waals surface area (Å²) in [4.78, 5) is 2.26. The van der Waals surface area contributed by atoms with Crippen LogP contribution in [0.2, 0.25) is 0 Å². The third kappa shape index (κ3) is 7.85. The van der Waals surface area contributed by atoms with Crippen molar-refractivity contribution in [3.8, 4) is 23.0 Å². The topological polar surface area (TPSA) is 63.2 Å². The Morgan fingerprint density at radius 1 is 0.976 bits per heavy atom. The summed E-state index contributed by atoms with van der Waals surface area (Å²) in [6.07, 6.45) is 2.73. The Morgan fingerprint density at radius 3 is 2.41 bits per heavy atom. The fraction of sp³-hybridized carbons (Fsp3) is 0.471. The first-order chi connectivity index (χ1) is 19.6. The maximum Gasteiger partial charge on any atom is 0.165 e. The average Bonchev–Trinajstić information content (AvgIpc) is 2.95. The molecule has 0 saturated carbocycles. The Balaban J connectivity index is 1.54. The Kier molecular flexibility index (Phi) is 10.0. The second-order valence-corrected chi connectivity index (χ2v) is 12.0. The number of rotatable bonds is 12. The molecule has 1 atom stereocenters. The van der Waals surface area contributed by atoms with Crippen LogP contribution in [-0.4, -0.2) is 45.6 Å². The van der Waals surface area contributed by atoms with Gasteiger partial charge in [-0.2, -0.15) is 0 Å². The lowest BCUT2D eigenvalue weighted by atomic mass is 9.79. The van der Waals surface area contributed by atoms with Gasteiger partial charge >= 0.3 is 0 Å². The van der Waals surface area contributed by atoms with Crippen molar-refractivity contribution in [1.29, 1.82) is 0 Å². The molecule has 0 aromatic heterocycles.